The van der Waals surface area contributed by atoms with E-state index in [0.717, 1.165) is 32.4 Å². The van der Waals surface area contributed by atoms with Crippen molar-refractivity contribution in [2.24, 2.45) is 0 Å². The number of carboxylic acids is 1. The molecule has 0 radical (unpaired) electrons. The van der Waals surface area contributed by atoms with Gasteiger partial charge in [-0.2, -0.15) is 0 Å². The molecule has 1 aromatic carbocycles. The maximum absolute atomic E-state index is 10.8. The minimum atomic E-state index is -0.703. The van der Waals surface area contributed by atoms with Gasteiger partial charge in [0.25, 0.3) is 0 Å². The summed E-state index contributed by atoms with van der Waals surface area (Å²) in [5.74, 6) is -0.703. The Kier molecular flexibility index (Phi) is 3.97. The molecule has 3 rings (SSSR count). The van der Waals surface area contributed by atoms with Gasteiger partial charge in [-0.3, -0.25) is 9.69 Å². The molecule has 21 heavy (non-hydrogen) atoms. The van der Waals surface area contributed by atoms with Crippen molar-refractivity contribution in [1.29, 1.82) is 0 Å². The largest absolute Gasteiger partial charge is 0.481 e. The number of carboxylic acid groups (broad SMARTS) is 1. The van der Waals surface area contributed by atoms with Crippen LogP contribution >= 0.6 is 0 Å². The summed E-state index contributed by atoms with van der Waals surface area (Å²) >= 11 is 0. The predicted octanol–water partition coefficient (Wildman–Crippen LogP) is 3.34. The number of H-pyrrole nitrogens is 1. The van der Waals surface area contributed by atoms with Crippen LogP contribution in [0.3, 0.4) is 0 Å². The molecule has 0 amide bonds. The van der Waals surface area contributed by atoms with E-state index in [1.807, 2.05) is 0 Å². The van der Waals surface area contributed by atoms with Crippen molar-refractivity contribution in [1.82, 2.24) is 9.88 Å². The third-order valence-electron chi connectivity index (χ3n) is 4.54. The van der Waals surface area contributed by atoms with Gasteiger partial charge >= 0.3 is 5.97 Å². The number of hydrogen-bond acceptors (Lipinski definition) is 2. The number of nitrogens with one attached hydrogen (secondary N) is 1. The van der Waals surface area contributed by atoms with E-state index < -0.39 is 5.97 Å². The van der Waals surface area contributed by atoms with Crippen molar-refractivity contribution in [3.05, 3.63) is 35.5 Å². The molecular weight excluding hydrogens is 264 g/mol. The maximum Gasteiger partial charge on any atom is 0.303 e. The second kappa shape index (κ2) is 5.90. The number of benzene rings is 1. The highest BCUT2D eigenvalue weighted by Gasteiger charge is 2.28. The molecule has 1 unspecified atom stereocenters. The second-order valence-corrected chi connectivity index (χ2v) is 5.74. The first-order valence-electron chi connectivity index (χ1n) is 7.76. The lowest BCUT2D eigenvalue weighted by Gasteiger charge is -2.35. The Hall–Kier alpha value is -1.81. The highest BCUT2D eigenvalue weighted by Crippen LogP contribution is 2.36. The third-order valence-corrected chi connectivity index (χ3v) is 4.54. The Morgan fingerprint density at radius 1 is 1.43 bits per heavy atom. The molecule has 1 atom stereocenters. The van der Waals surface area contributed by atoms with E-state index in [-0.39, 0.29) is 6.42 Å². The van der Waals surface area contributed by atoms with E-state index in [0.29, 0.717) is 6.04 Å². The smallest absolute Gasteiger partial charge is 0.303 e. The van der Waals surface area contributed by atoms with Crippen LogP contribution in [0.4, 0.5) is 0 Å². The van der Waals surface area contributed by atoms with Crippen LogP contribution in [-0.2, 0) is 11.2 Å². The standard InChI is InChI=1S/C17H22N2O2/c1-2-19-11-10-13-12-6-3-4-7-14(12)18-17(13)15(19)8-5-9-16(20)21/h3-4,6-7,15,18H,2,5,8-11H2,1H3,(H,20,21). The lowest BCUT2D eigenvalue weighted by Crippen LogP contribution is -2.35. The summed E-state index contributed by atoms with van der Waals surface area (Å²) in [6, 6.07) is 8.77. The van der Waals surface area contributed by atoms with Crippen molar-refractivity contribution in [3.8, 4) is 0 Å². The van der Waals surface area contributed by atoms with Crippen molar-refractivity contribution >= 4 is 16.9 Å². The zero-order valence-electron chi connectivity index (χ0n) is 12.4. The zero-order valence-corrected chi connectivity index (χ0v) is 12.4. The van der Waals surface area contributed by atoms with Gasteiger partial charge in [0, 0.05) is 29.6 Å². The topological polar surface area (TPSA) is 56.3 Å². The number of rotatable bonds is 5. The van der Waals surface area contributed by atoms with Gasteiger partial charge in [0.05, 0.1) is 6.04 Å². The van der Waals surface area contributed by atoms with Gasteiger partial charge in [-0.05, 0) is 37.4 Å². The quantitative estimate of drug-likeness (QED) is 0.886. The van der Waals surface area contributed by atoms with Gasteiger partial charge in [-0.15, -0.1) is 0 Å². The first-order chi connectivity index (χ1) is 10.2. The van der Waals surface area contributed by atoms with Crippen molar-refractivity contribution in [2.75, 3.05) is 13.1 Å². The Morgan fingerprint density at radius 2 is 2.24 bits per heavy atom. The number of nitrogens with zero attached hydrogens (tertiary/aromatic N) is 1. The molecule has 0 aliphatic carbocycles. The van der Waals surface area contributed by atoms with Crippen molar-refractivity contribution in [2.45, 2.75) is 38.6 Å². The number of para-hydroxylation sites is 1. The van der Waals surface area contributed by atoms with Gasteiger partial charge < -0.3 is 10.1 Å². The predicted molar refractivity (Wildman–Crippen MR) is 83.5 cm³/mol. The van der Waals surface area contributed by atoms with Crippen molar-refractivity contribution in [3.63, 3.8) is 0 Å². The molecule has 0 spiro atoms. The third kappa shape index (κ3) is 2.68. The SMILES string of the molecule is CCN1CCc2c([nH]c3ccccc23)C1CCCC(=O)O. The Labute approximate surface area is 124 Å². The van der Waals surface area contributed by atoms with E-state index in [4.69, 9.17) is 5.11 Å². The molecule has 0 bridgehead atoms. The molecule has 112 valence electrons. The number of aliphatic carboxylic acids is 1. The summed E-state index contributed by atoms with van der Waals surface area (Å²) in [6.45, 7) is 4.24. The summed E-state index contributed by atoms with van der Waals surface area (Å²) in [7, 11) is 0. The number of aromatic amines is 1. The van der Waals surface area contributed by atoms with Crippen LogP contribution in [0.2, 0.25) is 0 Å². The molecule has 2 heterocycles. The molecular formula is C17H22N2O2. The van der Waals surface area contributed by atoms with Crippen LogP contribution in [0.5, 0.6) is 0 Å². The molecule has 1 aliphatic heterocycles. The molecule has 0 saturated carbocycles. The van der Waals surface area contributed by atoms with Gasteiger partial charge in [0.15, 0.2) is 0 Å². The highest BCUT2D eigenvalue weighted by atomic mass is 16.4. The van der Waals surface area contributed by atoms with E-state index in [2.05, 4.69) is 41.1 Å². The molecule has 1 aromatic heterocycles. The minimum Gasteiger partial charge on any atom is -0.481 e. The first-order valence-corrected chi connectivity index (χ1v) is 7.76. The number of likely N-dealkylation sites (N-methyl/N-ethyl adjacent to an activating group) is 1. The molecule has 0 fully saturated rings. The molecule has 1 aliphatic rings. The normalized spacial score (nSPS) is 18.8. The van der Waals surface area contributed by atoms with Crippen LogP contribution in [0, 0.1) is 0 Å². The van der Waals surface area contributed by atoms with E-state index in [1.54, 1.807) is 0 Å². The van der Waals surface area contributed by atoms with Gasteiger partial charge in [-0.1, -0.05) is 25.1 Å². The number of aromatic nitrogens is 1. The van der Waals surface area contributed by atoms with E-state index >= 15 is 0 Å². The Bertz CT molecular complexity index is 647. The van der Waals surface area contributed by atoms with Crippen molar-refractivity contribution < 1.29 is 9.90 Å². The minimum absolute atomic E-state index is 0.254. The summed E-state index contributed by atoms with van der Waals surface area (Å²) in [5, 5.41) is 10.2. The molecule has 2 N–H and O–H groups in total. The molecule has 2 aromatic rings. The summed E-state index contributed by atoms with van der Waals surface area (Å²) in [6.07, 6.45) is 2.96. The second-order valence-electron chi connectivity index (χ2n) is 5.74. The lowest BCUT2D eigenvalue weighted by molar-refractivity contribution is -0.137. The zero-order chi connectivity index (χ0) is 14.8. The Morgan fingerprint density at radius 3 is 3.00 bits per heavy atom. The summed E-state index contributed by atoms with van der Waals surface area (Å²) in [4.78, 5) is 16.8. The number of carbonyl (C=O) groups is 1. The Balaban J connectivity index is 1.91. The van der Waals surface area contributed by atoms with E-state index in [9.17, 15) is 4.79 Å². The fourth-order valence-electron chi connectivity index (χ4n) is 3.52. The van der Waals surface area contributed by atoms with Crippen LogP contribution in [0.1, 0.15) is 43.5 Å². The molecule has 4 nitrogen and oxygen atoms in total. The maximum atomic E-state index is 10.8. The van der Waals surface area contributed by atoms with Crippen LogP contribution < -0.4 is 0 Å². The average Bonchev–Trinajstić information content (AvgIpc) is 2.86. The van der Waals surface area contributed by atoms with Gasteiger partial charge in [-0.25, -0.2) is 0 Å². The average molecular weight is 286 g/mol. The number of hydrogen-bond donors (Lipinski definition) is 2. The van der Waals surface area contributed by atoms with Gasteiger partial charge in [0.1, 0.15) is 0 Å². The molecule has 4 heteroatoms. The van der Waals surface area contributed by atoms with Gasteiger partial charge in [0.2, 0.25) is 0 Å². The fraction of sp³-hybridized carbons (Fsp3) is 0.471. The summed E-state index contributed by atoms with van der Waals surface area (Å²) < 4.78 is 0. The monoisotopic (exact) mass is 286 g/mol. The van der Waals surface area contributed by atoms with Crippen LogP contribution in [-0.4, -0.2) is 34.0 Å². The number of fused-ring (bicyclic) bond motifs is 3. The van der Waals surface area contributed by atoms with Crippen LogP contribution in [0.15, 0.2) is 24.3 Å². The van der Waals surface area contributed by atoms with Crippen LogP contribution in [0.25, 0.3) is 10.9 Å². The first kappa shape index (κ1) is 14.1. The summed E-state index contributed by atoms with van der Waals surface area (Å²) in [5.41, 5.74) is 3.93. The highest BCUT2D eigenvalue weighted by molar-refractivity contribution is 5.85. The molecule has 0 saturated heterocycles. The lowest BCUT2D eigenvalue weighted by atomic mass is 9.94. The fourth-order valence-corrected chi connectivity index (χ4v) is 3.52. The van der Waals surface area contributed by atoms with E-state index in [1.165, 1.54) is 22.2 Å².